The van der Waals surface area contributed by atoms with Gasteiger partial charge >= 0.3 is 11.8 Å². The van der Waals surface area contributed by atoms with Crippen molar-refractivity contribution in [2.45, 2.75) is 12.1 Å². The maximum Gasteiger partial charge on any atom is 0.309 e. The second-order valence-electron chi connectivity index (χ2n) is 2.70. The van der Waals surface area contributed by atoms with E-state index in [1.54, 1.807) is 0 Å². The maximum absolute atomic E-state index is 10.8. The van der Waals surface area contributed by atoms with Crippen molar-refractivity contribution in [1.82, 2.24) is 10.6 Å². The van der Waals surface area contributed by atoms with Crippen LogP contribution in [0, 0.1) is 0 Å². The summed E-state index contributed by atoms with van der Waals surface area (Å²) in [4.78, 5) is 21.5. The fourth-order valence-corrected chi connectivity index (χ4v) is 1.31. The molecule has 0 aliphatic carbocycles. The van der Waals surface area contributed by atoms with E-state index in [9.17, 15) is 9.59 Å². The number of piperazine rings is 1. The molecule has 0 aromatic heterocycles. The standard InChI is InChI=1S/C6H8N2O3/c9-5-6(10)8-4-2-11-1-3(4)7-5/h3-4H,1-2H2,(H,7,9)(H,8,10)/t3-,4+. The van der Waals surface area contributed by atoms with E-state index in [0.29, 0.717) is 13.2 Å². The third kappa shape index (κ3) is 0.970. The molecule has 2 aliphatic rings. The highest BCUT2D eigenvalue weighted by Crippen LogP contribution is 2.08. The van der Waals surface area contributed by atoms with Crippen LogP contribution in [0.4, 0.5) is 0 Å². The van der Waals surface area contributed by atoms with Crippen LogP contribution in [0.2, 0.25) is 0 Å². The Bertz CT molecular complexity index is 194. The number of carbonyl (C=O) groups excluding carboxylic acids is 2. The van der Waals surface area contributed by atoms with E-state index >= 15 is 0 Å². The molecule has 0 bridgehead atoms. The van der Waals surface area contributed by atoms with Gasteiger partial charge in [0.25, 0.3) is 0 Å². The number of amides is 2. The van der Waals surface area contributed by atoms with Crippen molar-refractivity contribution in [3.63, 3.8) is 0 Å². The minimum Gasteiger partial charge on any atom is -0.377 e. The highest BCUT2D eigenvalue weighted by molar-refractivity contribution is 6.35. The van der Waals surface area contributed by atoms with Crippen LogP contribution < -0.4 is 10.6 Å². The van der Waals surface area contributed by atoms with E-state index in [-0.39, 0.29) is 12.1 Å². The molecule has 2 amide bonds. The molecule has 0 spiro atoms. The predicted octanol–water partition coefficient (Wildman–Crippen LogP) is -2.00. The lowest BCUT2D eigenvalue weighted by molar-refractivity contribution is -0.142. The number of rotatable bonds is 0. The molecule has 2 N–H and O–H groups in total. The first kappa shape index (κ1) is 6.60. The van der Waals surface area contributed by atoms with E-state index in [4.69, 9.17) is 4.74 Å². The molecule has 2 aliphatic heterocycles. The first-order valence-electron chi connectivity index (χ1n) is 3.46. The number of hydrogen-bond acceptors (Lipinski definition) is 3. The van der Waals surface area contributed by atoms with Crippen molar-refractivity contribution in [3.05, 3.63) is 0 Å². The summed E-state index contributed by atoms with van der Waals surface area (Å²) in [5.74, 6) is -1.12. The van der Waals surface area contributed by atoms with E-state index in [2.05, 4.69) is 10.6 Å². The SMILES string of the molecule is O=C1N[C@H]2COC[C@H]2NC1=O. The van der Waals surface area contributed by atoms with Gasteiger partial charge in [-0.1, -0.05) is 0 Å². The lowest BCUT2D eigenvalue weighted by atomic mass is 10.1. The summed E-state index contributed by atoms with van der Waals surface area (Å²) < 4.78 is 5.06. The highest BCUT2D eigenvalue weighted by atomic mass is 16.5. The zero-order chi connectivity index (χ0) is 7.84. The molecular weight excluding hydrogens is 148 g/mol. The van der Waals surface area contributed by atoms with Crippen LogP contribution in [0.1, 0.15) is 0 Å². The monoisotopic (exact) mass is 156 g/mol. The first-order chi connectivity index (χ1) is 5.27. The van der Waals surface area contributed by atoms with Gasteiger partial charge in [0, 0.05) is 0 Å². The zero-order valence-corrected chi connectivity index (χ0v) is 5.79. The zero-order valence-electron chi connectivity index (χ0n) is 5.79. The summed E-state index contributed by atoms with van der Waals surface area (Å²) >= 11 is 0. The fraction of sp³-hybridized carbons (Fsp3) is 0.667. The number of nitrogens with one attached hydrogen (secondary N) is 2. The first-order valence-corrected chi connectivity index (χ1v) is 3.46. The van der Waals surface area contributed by atoms with E-state index < -0.39 is 11.8 Å². The van der Waals surface area contributed by atoms with Gasteiger partial charge in [-0.2, -0.15) is 0 Å². The summed E-state index contributed by atoms with van der Waals surface area (Å²) in [6.07, 6.45) is 0. The van der Waals surface area contributed by atoms with Crippen LogP contribution in [0.5, 0.6) is 0 Å². The highest BCUT2D eigenvalue weighted by Gasteiger charge is 2.37. The number of ether oxygens (including phenoxy) is 1. The minimum absolute atomic E-state index is 0.0276. The third-order valence-electron chi connectivity index (χ3n) is 1.92. The Balaban J connectivity index is 2.12. The van der Waals surface area contributed by atoms with Crippen LogP contribution in [-0.4, -0.2) is 37.1 Å². The van der Waals surface area contributed by atoms with E-state index in [1.807, 2.05) is 0 Å². The van der Waals surface area contributed by atoms with Gasteiger partial charge in [0.1, 0.15) is 0 Å². The van der Waals surface area contributed by atoms with Gasteiger partial charge in [-0.25, -0.2) is 0 Å². The molecule has 0 unspecified atom stereocenters. The number of carbonyl (C=O) groups is 2. The van der Waals surface area contributed by atoms with Gasteiger partial charge in [-0.05, 0) is 0 Å². The topological polar surface area (TPSA) is 67.4 Å². The van der Waals surface area contributed by atoms with Gasteiger partial charge in [-0.15, -0.1) is 0 Å². The molecule has 0 aromatic rings. The molecule has 2 rings (SSSR count). The lowest BCUT2D eigenvalue weighted by Crippen LogP contribution is -2.61. The summed E-state index contributed by atoms with van der Waals surface area (Å²) in [6, 6.07) is -0.0552. The van der Waals surface area contributed by atoms with E-state index in [0.717, 1.165) is 0 Å². The molecule has 5 nitrogen and oxygen atoms in total. The molecule has 2 atom stereocenters. The molecular formula is C6H8N2O3. The van der Waals surface area contributed by atoms with Crippen LogP contribution in [0.25, 0.3) is 0 Å². The van der Waals surface area contributed by atoms with Crippen molar-refractivity contribution in [2.75, 3.05) is 13.2 Å². The fourth-order valence-electron chi connectivity index (χ4n) is 1.31. The van der Waals surface area contributed by atoms with Gasteiger partial charge < -0.3 is 15.4 Å². The Morgan fingerprint density at radius 1 is 1.09 bits per heavy atom. The largest absolute Gasteiger partial charge is 0.377 e. The molecule has 0 radical (unpaired) electrons. The van der Waals surface area contributed by atoms with Crippen LogP contribution in [0.15, 0.2) is 0 Å². The Morgan fingerprint density at radius 3 is 2.00 bits per heavy atom. The summed E-state index contributed by atoms with van der Waals surface area (Å²) in [7, 11) is 0. The van der Waals surface area contributed by atoms with Gasteiger partial charge in [0.2, 0.25) is 0 Å². The molecule has 2 fully saturated rings. The van der Waals surface area contributed by atoms with Crippen LogP contribution in [0.3, 0.4) is 0 Å². The third-order valence-corrected chi connectivity index (χ3v) is 1.92. The molecule has 0 saturated carbocycles. The summed E-state index contributed by atoms with van der Waals surface area (Å²) in [6.45, 7) is 0.993. The Labute approximate surface area is 63.1 Å². The van der Waals surface area contributed by atoms with Crippen molar-refractivity contribution < 1.29 is 14.3 Å². The second-order valence-corrected chi connectivity index (χ2v) is 2.70. The quantitative estimate of drug-likeness (QED) is 0.398. The number of hydrogen-bond donors (Lipinski definition) is 2. The minimum atomic E-state index is -0.559. The van der Waals surface area contributed by atoms with Crippen molar-refractivity contribution >= 4 is 11.8 Å². The van der Waals surface area contributed by atoms with Gasteiger partial charge in [0.05, 0.1) is 25.3 Å². The lowest BCUT2D eigenvalue weighted by Gasteiger charge is -2.24. The summed E-state index contributed by atoms with van der Waals surface area (Å²) in [5, 5.41) is 5.10. The van der Waals surface area contributed by atoms with Crippen molar-refractivity contribution in [2.24, 2.45) is 0 Å². The van der Waals surface area contributed by atoms with E-state index in [1.165, 1.54) is 0 Å². The average Bonchev–Trinajstić information content (AvgIpc) is 2.36. The molecule has 60 valence electrons. The normalized spacial score (nSPS) is 36.0. The smallest absolute Gasteiger partial charge is 0.309 e. The van der Waals surface area contributed by atoms with Crippen LogP contribution in [-0.2, 0) is 14.3 Å². The molecule has 2 heterocycles. The molecule has 2 saturated heterocycles. The molecule has 11 heavy (non-hydrogen) atoms. The average molecular weight is 156 g/mol. The Morgan fingerprint density at radius 2 is 1.55 bits per heavy atom. The van der Waals surface area contributed by atoms with Crippen molar-refractivity contribution in [3.8, 4) is 0 Å². The maximum atomic E-state index is 10.8. The Hall–Kier alpha value is -1.10. The van der Waals surface area contributed by atoms with Crippen LogP contribution >= 0.6 is 0 Å². The molecule has 0 aromatic carbocycles. The number of fused-ring (bicyclic) bond motifs is 1. The molecule has 5 heteroatoms. The second kappa shape index (κ2) is 2.20. The van der Waals surface area contributed by atoms with Gasteiger partial charge in [-0.3, -0.25) is 9.59 Å². The summed E-state index contributed by atoms with van der Waals surface area (Å²) in [5.41, 5.74) is 0. The Kier molecular flexibility index (Phi) is 1.32. The van der Waals surface area contributed by atoms with Crippen molar-refractivity contribution in [1.29, 1.82) is 0 Å². The predicted molar refractivity (Wildman–Crippen MR) is 34.7 cm³/mol. The van der Waals surface area contributed by atoms with Gasteiger partial charge in [0.15, 0.2) is 0 Å².